The van der Waals surface area contributed by atoms with Gasteiger partial charge in [0.15, 0.2) is 11.5 Å². The number of hydrogen-bond acceptors (Lipinski definition) is 4. The van der Waals surface area contributed by atoms with Crippen LogP contribution in [0.1, 0.15) is 31.2 Å². The molecule has 2 aromatic rings. The Morgan fingerprint density at radius 1 is 1.04 bits per heavy atom. The summed E-state index contributed by atoms with van der Waals surface area (Å²) in [5.74, 6) is 1.33. The number of carboxylic acid groups (broad SMARTS) is 1. The van der Waals surface area contributed by atoms with Crippen LogP contribution in [0.5, 0.6) is 17.2 Å². The quantitative estimate of drug-likeness (QED) is 0.778. The van der Waals surface area contributed by atoms with Gasteiger partial charge in [0.05, 0.1) is 13.0 Å². The number of benzene rings is 2. The maximum absolute atomic E-state index is 11.0. The number of hydrogen-bond donors (Lipinski definition) is 2. The molecule has 1 saturated carbocycles. The van der Waals surface area contributed by atoms with Crippen molar-refractivity contribution in [3.63, 3.8) is 0 Å². The van der Waals surface area contributed by atoms with E-state index in [9.17, 15) is 4.79 Å². The molecule has 5 heteroatoms. The van der Waals surface area contributed by atoms with E-state index < -0.39 is 5.97 Å². The van der Waals surface area contributed by atoms with Crippen molar-refractivity contribution in [3.05, 3.63) is 54.1 Å². The molecule has 0 spiro atoms. The SMILES string of the molecule is COc1ccccc1Oc1ccc(CNC2CCC(C(=O)O)CC2)cc1. The first-order chi connectivity index (χ1) is 12.7. The number of carbonyl (C=O) groups is 1. The predicted molar refractivity (Wildman–Crippen MR) is 99.7 cm³/mol. The van der Waals surface area contributed by atoms with Gasteiger partial charge in [0, 0.05) is 12.6 Å². The molecule has 1 fully saturated rings. The van der Waals surface area contributed by atoms with Crippen molar-refractivity contribution in [2.24, 2.45) is 5.92 Å². The third kappa shape index (κ3) is 4.76. The molecule has 2 N–H and O–H groups in total. The lowest BCUT2D eigenvalue weighted by Crippen LogP contribution is -2.34. The van der Waals surface area contributed by atoms with Gasteiger partial charge in [0.2, 0.25) is 0 Å². The summed E-state index contributed by atoms with van der Waals surface area (Å²) in [7, 11) is 1.63. The van der Waals surface area contributed by atoms with Crippen LogP contribution >= 0.6 is 0 Å². The largest absolute Gasteiger partial charge is 0.493 e. The van der Waals surface area contributed by atoms with Gasteiger partial charge >= 0.3 is 5.97 Å². The first-order valence-corrected chi connectivity index (χ1v) is 9.01. The maximum Gasteiger partial charge on any atom is 0.306 e. The summed E-state index contributed by atoms with van der Waals surface area (Å²) in [4.78, 5) is 11.0. The first-order valence-electron chi connectivity index (χ1n) is 9.01. The third-order valence-corrected chi connectivity index (χ3v) is 4.89. The van der Waals surface area contributed by atoms with Crippen LogP contribution in [-0.2, 0) is 11.3 Å². The molecule has 0 aromatic heterocycles. The Balaban J connectivity index is 1.50. The lowest BCUT2D eigenvalue weighted by molar-refractivity contribution is -0.142. The molecule has 0 bridgehead atoms. The van der Waals surface area contributed by atoms with Crippen LogP contribution in [0.25, 0.3) is 0 Å². The number of para-hydroxylation sites is 2. The summed E-state index contributed by atoms with van der Waals surface area (Å²) < 4.78 is 11.2. The Bertz CT molecular complexity index is 721. The molecule has 0 radical (unpaired) electrons. The average Bonchev–Trinajstić information content (AvgIpc) is 2.68. The Hall–Kier alpha value is -2.53. The van der Waals surface area contributed by atoms with Gasteiger partial charge in [0.1, 0.15) is 5.75 Å². The van der Waals surface area contributed by atoms with Crippen LogP contribution in [0, 0.1) is 5.92 Å². The highest BCUT2D eigenvalue weighted by Gasteiger charge is 2.25. The van der Waals surface area contributed by atoms with Crippen molar-refractivity contribution in [3.8, 4) is 17.2 Å². The van der Waals surface area contributed by atoms with Crippen molar-refractivity contribution in [2.75, 3.05) is 7.11 Å². The lowest BCUT2D eigenvalue weighted by atomic mass is 9.86. The minimum atomic E-state index is -0.658. The molecule has 0 saturated heterocycles. The Kier molecular flexibility index (Phi) is 6.12. The van der Waals surface area contributed by atoms with Crippen LogP contribution < -0.4 is 14.8 Å². The molecular weight excluding hydrogens is 330 g/mol. The van der Waals surface area contributed by atoms with Gasteiger partial charge in [-0.3, -0.25) is 4.79 Å². The van der Waals surface area contributed by atoms with Gasteiger partial charge in [-0.05, 0) is 55.5 Å². The van der Waals surface area contributed by atoms with Crippen molar-refractivity contribution in [2.45, 2.75) is 38.3 Å². The standard InChI is InChI=1S/C21H25NO4/c1-25-19-4-2-3-5-20(19)26-18-12-6-15(7-13-18)14-22-17-10-8-16(9-11-17)21(23)24/h2-7,12-13,16-17,22H,8-11,14H2,1H3,(H,23,24). The van der Waals surface area contributed by atoms with Crippen molar-refractivity contribution < 1.29 is 19.4 Å². The molecule has 0 unspecified atom stereocenters. The fraction of sp³-hybridized carbons (Fsp3) is 0.381. The fourth-order valence-corrected chi connectivity index (χ4v) is 3.31. The van der Waals surface area contributed by atoms with Gasteiger partial charge in [-0.1, -0.05) is 24.3 Å². The zero-order valence-corrected chi connectivity index (χ0v) is 15.0. The Morgan fingerprint density at radius 3 is 2.31 bits per heavy atom. The molecule has 138 valence electrons. The second kappa shape index (κ2) is 8.72. The average molecular weight is 355 g/mol. The van der Waals surface area contributed by atoms with E-state index in [0.29, 0.717) is 17.5 Å². The predicted octanol–water partition coefficient (Wildman–Crippen LogP) is 4.22. The van der Waals surface area contributed by atoms with E-state index in [2.05, 4.69) is 5.32 Å². The van der Waals surface area contributed by atoms with Gasteiger partial charge in [-0.2, -0.15) is 0 Å². The zero-order chi connectivity index (χ0) is 18.4. The maximum atomic E-state index is 11.0. The molecule has 0 heterocycles. The van der Waals surface area contributed by atoms with E-state index in [4.69, 9.17) is 14.6 Å². The van der Waals surface area contributed by atoms with E-state index in [1.807, 2.05) is 48.5 Å². The highest BCUT2D eigenvalue weighted by molar-refractivity contribution is 5.70. The number of nitrogens with one attached hydrogen (secondary N) is 1. The molecule has 2 aromatic carbocycles. The van der Waals surface area contributed by atoms with Crippen LogP contribution in [-0.4, -0.2) is 24.2 Å². The molecular formula is C21H25NO4. The summed E-state index contributed by atoms with van der Waals surface area (Å²) in [6.07, 6.45) is 3.37. The van der Waals surface area contributed by atoms with Crippen LogP contribution in [0.3, 0.4) is 0 Å². The summed E-state index contributed by atoms with van der Waals surface area (Å²) >= 11 is 0. The van der Waals surface area contributed by atoms with Gasteiger partial charge < -0.3 is 19.9 Å². The van der Waals surface area contributed by atoms with Crippen LogP contribution in [0.15, 0.2) is 48.5 Å². The molecule has 1 aliphatic rings. The molecule has 0 aliphatic heterocycles. The van der Waals surface area contributed by atoms with Crippen LogP contribution in [0.4, 0.5) is 0 Å². The Morgan fingerprint density at radius 2 is 1.69 bits per heavy atom. The topological polar surface area (TPSA) is 67.8 Å². The Labute approximate surface area is 153 Å². The summed E-state index contributed by atoms with van der Waals surface area (Å²) in [6.45, 7) is 0.775. The second-order valence-corrected chi connectivity index (χ2v) is 6.66. The first kappa shape index (κ1) is 18.3. The van der Waals surface area contributed by atoms with E-state index in [1.165, 1.54) is 5.56 Å². The van der Waals surface area contributed by atoms with E-state index >= 15 is 0 Å². The molecule has 1 aliphatic carbocycles. The molecule has 26 heavy (non-hydrogen) atoms. The number of carboxylic acids is 1. The number of methoxy groups -OCH3 is 1. The molecule has 0 amide bonds. The van der Waals surface area contributed by atoms with E-state index in [1.54, 1.807) is 7.11 Å². The monoisotopic (exact) mass is 355 g/mol. The highest BCUT2D eigenvalue weighted by atomic mass is 16.5. The minimum absolute atomic E-state index is 0.167. The molecule has 3 rings (SSSR count). The van der Waals surface area contributed by atoms with Crippen LogP contribution in [0.2, 0.25) is 0 Å². The fourth-order valence-electron chi connectivity index (χ4n) is 3.31. The minimum Gasteiger partial charge on any atom is -0.493 e. The van der Waals surface area contributed by atoms with Crippen molar-refractivity contribution >= 4 is 5.97 Å². The highest BCUT2D eigenvalue weighted by Crippen LogP contribution is 2.31. The molecule has 0 atom stereocenters. The van der Waals surface area contributed by atoms with Crippen molar-refractivity contribution in [1.29, 1.82) is 0 Å². The van der Waals surface area contributed by atoms with E-state index in [0.717, 1.165) is 38.0 Å². The zero-order valence-electron chi connectivity index (χ0n) is 15.0. The molecule has 5 nitrogen and oxygen atoms in total. The summed E-state index contributed by atoms with van der Waals surface area (Å²) in [6, 6.07) is 15.9. The van der Waals surface area contributed by atoms with Gasteiger partial charge in [-0.15, -0.1) is 0 Å². The van der Waals surface area contributed by atoms with Gasteiger partial charge in [0.25, 0.3) is 0 Å². The second-order valence-electron chi connectivity index (χ2n) is 6.66. The van der Waals surface area contributed by atoms with E-state index in [-0.39, 0.29) is 5.92 Å². The third-order valence-electron chi connectivity index (χ3n) is 4.89. The number of aliphatic carboxylic acids is 1. The summed E-state index contributed by atoms with van der Waals surface area (Å²) in [5, 5.41) is 12.6. The smallest absolute Gasteiger partial charge is 0.306 e. The summed E-state index contributed by atoms with van der Waals surface area (Å²) in [5.41, 5.74) is 1.18. The number of rotatable bonds is 7. The van der Waals surface area contributed by atoms with Gasteiger partial charge in [-0.25, -0.2) is 0 Å². The van der Waals surface area contributed by atoms with Crippen molar-refractivity contribution in [1.82, 2.24) is 5.32 Å². The normalized spacial score (nSPS) is 19.7. The number of ether oxygens (including phenoxy) is 2. The lowest BCUT2D eigenvalue weighted by Gasteiger charge is -2.27.